The van der Waals surface area contributed by atoms with E-state index in [-0.39, 0.29) is 5.91 Å². The molecule has 1 aromatic heterocycles. The number of anilines is 1. The Bertz CT molecular complexity index is 1290. The molecule has 6 nitrogen and oxygen atoms in total. The van der Waals surface area contributed by atoms with Crippen LogP contribution < -0.4 is 14.8 Å². The summed E-state index contributed by atoms with van der Waals surface area (Å²) in [6.45, 7) is 0.967. The third-order valence-electron chi connectivity index (χ3n) is 4.61. The van der Waals surface area contributed by atoms with E-state index in [1.54, 1.807) is 42.5 Å². The van der Waals surface area contributed by atoms with Gasteiger partial charge in [0, 0.05) is 15.7 Å². The van der Waals surface area contributed by atoms with Gasteiger partial charge in [0.25, 0.3) is 5.91 Å². The van der Waals surface area contributed by atoms with Gasteiger partial charge >= 0.3 is 0 Å². The number of hydrogen-bond acceptors (Lipinski definition) is 5. The number of oxazole rings is 1. The maximum absolute atomic E-state index is 12.7. The Balaban J connectivity index is 1.41. The van der Waals surface area contributed by atoms with Crippen molar-refractivity contribution >= 4 is 50.2 Å². The smallest absolute Gasteiger partial charge is 0.255 e. The summed E-state index contributed by atoms with van der Waals surface area (Å²) in [7, 11) is 0. The Morgan fingerprint density at radius 3 is 2.70 bits per heavy atom. The minimum absolute atomic E-state index is 0.259. The first-order valence-electron chi connectivity index (χ1n) is 9.14. The van der Waals surface area contributed by atoms with Crippen molar-refractivity contribution in [1.82, 2.24) is 4.98 Å². The predicted molar refractivity (Wildman–Crippen MR) is 118 cm³/mol. The van der Waals surface area contributed by atoms with Gasteiger partial charge in [-0.25, -0.2) is 4.98 Å². The van der Waals surface area contributed by atoms with Crippen molar-refractivity contribution in [1.29, 1.82) is 0 Å². The maximum Gasteiger partial charge on any atom is 0.255 e. The molecule has 0 bridgehead atoms. The van der Waals surface area contributed by atoms with E-state index in [4.69, 9.17) is 25.5 Å². The molecule has 1 amide bonds. The number of carbonyl (C=O) groups is 1. The van der Waals surface area contributed by atoms with E-state index >= 15 is 0 Å². The average Bonchev–Trinajstić information content (AvgIpc) is 3.18. The molecule has 2 heterocycles. The fraction of sp³-hybridized carbons (Fsp3) is 0.0909. The quantitative estimate of drug-likeness (QED) is 0.389. The van der Waals surface area contributed by atoms with Gasteiger partial charge in [0.1, 0.15) is 18.7 Å². The lowest BCUT2D eigenvalue weighted by atomic mass is 10.1. The average molecular weight is 486 g/mol. The molecule has 0 aliphatic carbocycles. The fourth-order valence-corrected chi connectivity index (χ4v) is 3.73. The zero-order chi connectivity index (χ0) is 20.7. The van der Waals surface area contributed by atoms with Crippen LogP contribution in [0.5, 0.6) is 11.5 Å². The van der Waals surface area contributed by atoms with Crippen molar-refractivity contribution in [2.45, 2.75) is 0 Å². The third kappa shape index (κ3) is 3.62. The summed E-state index contributed by atoms with van der Waals surface area (Å²) in [6, 6.07) is 15.8. The van der Waals surface area contributed by atoms with Crippen LogP contribution in [0.4, 0.5) is 5.69 Å². The highest BCUT2D eigenvalue weighted by molar-refractivity contribution is 9.10. The van der Waals surface area contributed by atoms with Crippen molar-refractivity contribution < 1.29 is 18.7 Å². The molecule has 30 heavy (non-hydrogen) atoms. The number of hydrogen-bond donors (Lipinski definition) is 1. The van der Waals surface area contributed by atoms with Crippen LogP contribution in [0, 0.1) is 0 Å². The molecule has 3 aromatic carbocycles. The van der Waals surface area contributed by atoms with E-state index in [1.807, 2.05) is 12.1 Å². The lowest BCUT2D eigenvalue weighted by Gasteiger charge is -2.18. The molecule has 4 aromatic rings. The van der Waals surface area contributed by atoms with Gasteiger partial charge in [-0.3, -0.25) is 4.79 Å². The number of nitrogens with zero attached hydrogens (tertiary/aromatic N) is 1. The number of benzene rings is 3. The Morgan fingerprint density at radius 2 is 1.83 bits per heavy atom. The number of rotatable bonds is 3. The van der Waals surface area contributed by atoms with Gasteiger partial charge in [-0.1, -0.05) is 27.5 Å². The predicted octanol–water partition coefficient (Wildman–Crippen LogP) is 5.93. The number of amides is 1. The van der Waals surface area contributed by atoms with Crippen LogP contribution in [0.3, 0.4) is 0 Å². The first kappa shape index (κ1) is 19.0. The number of carbonyl (C=O) groups excluding carboxylic acids is 1. The molecular weight excluding hydrogens is 472 g/mol. The van der Waals surface area contributed by atoms with Crippen molar-refractivity contribution in [3.63, 3.8) is 0 Å². The first-order valence-corrected chi connectivity index (χ1v) is 10.3. The fourth-order valence-electron chi connectivity index (χ4n) is 3.17. The van der Waals surface area contributed by atoms with Crippen LogP contribution >= 0.6 is 27.5 Å². The second-order valence-corrected chi connectivity index (χ2v) is 7.96. The molecule has 1 N–H and O–H groups in total. The molecule has 150 valence electrons. The molecule has 1 aliphatic heterocycles. The Hall–Kier alpha value is -3.03. The molecule has 0 atom stereocenters. The lowest BCUT2D eigenvalue weighted by molar-refractivity contribution is 0.102. The van der Waals surface area contributed by atoms with Crippen LogP contribution in [-0.4, -0.2) is 24.1 Å². The zero-order valence-corrected chi connectivity index (χ0v) is 17.8. The molecule has 0 unspecified atom stereocenters. The molecule has 8 heteroatoms. The number of fused-ring (bicyclic) bond motifs is 2. The molecule has 0 spiro atoms. The van der Waals surface area contributed by atoms with Crippen LogP contribution in [0.2, 0.25) is 5.02 Å². The van der Waals surface area contributed by atoms with Gasteiger partial charge in [-0.2, -0.15) is 0 Å². The summed E-state index contributed by atoms with van der Waals surface area (Å²) < 4.78 is 17.7. The highest BCUT2D eigenvalue weighted by Gasteiger charge is 2.16. The van der Waals surface area contributed by atoms with Crippen molar-refractivity contribution in [3.8, 4) is 23.0 Å². The van der Waals surface area contributed by atoms with Gasteiger partial charge in [-0.15, -0.1) is 0 Å². The Labute approximate surface area is 184 Å². The molecular formula is C22H14BrClN2O4. The van der Waals surface area contributed by atoms with E-state index in [9.17, 15) is 4.79 Å². The second kappa shape index (κ2) is 7.66. The largest absolute Gasteiger partial charge is 0.486 e. The number of ether oxygens (including phenoxy) is 2. The summed E-state index contributed by atoms with van der Waals surface area (Å²) in [5, 5.41) is 3.41. The van der Waals surface area contributed by atoms with E-state index in [0.717, 1.165) is 4.47 Å². The van der Waals surface area contributed by atoms with Crippen LogP contribution in [0.1, 0.15) is 10.4 Å². The molecule has 1 aliphatic rings. The zero-order valence-electron chi connectivity index (χ0n) is 15.4. The topological polar surface area (TPSA) is 73.6 Å². The highest BCUT2D eigenvalue weighted by Crippen LogP contribution is 2.33. The van der Waals surface area contributed by atoms with Gasteiger partial charge in [0.2, 0.25) is 5.89 Å². The summed E-state index contributed by atoms with van der Waals surface area (Å²) in [5.41, 5.74) is 2.96. The van der Waals surface area contributed by atoms with Crippen molar-refractivity contribution in [3.05, 3.63) is 69.7 Å². The van der Waals surface area contributed by atoms with Gasteiger partial charge < -0.3 is 19.2 Å². The SMILES string of the molecule is O=C(Nc1ccc2oc(-c3cc(Br)ccc3Cl)nc2c1)c1ccc2c(c1)OCCO2. The maximum atomic E-state index is 12.7. The second-order valence-electron chi connectivity index (χ2n) is 6.64. The minimum atomic E-state index is -0.259. The summed E-state index contributed by atoms with van der Waals surface area (Å²) in [6.07, 6.45) is 0. The number of aromatic nitrogens is 1. The molecule has 0 saturated carbocycles. The van der Waals surface area contributed by atoms with Crippen molar-refractivity contribution in [2.24, 2.45) is 0 Å². The van der Waals surface area contributed by atoms with Gasteiger partial charge in [0.15, 0.2) is 17.1 Å². The highest BCUT2D eigenvalue weighted by atomic mass is 79.9. The summed E-state index contributed by atoms with van der Waals surface area (Å²) in [5.74, 6) is 1.36. The van der Waals surface area contributed by atoms with Gasteiger partial charge in [-0.05, 0) is 54.6 Å². The van der Waals surface area contributed by atoms with Crippen LogP contribution in [0.15, 0.2) is 63.5 Å². The van der Waals surface area contributed by atoms with E-state index < -0.39 is 0 Å². The normalized spacial score (nSPS) is 12.7. The van der Waals surface area contributed by atoms with E-state index in [2.05, 4.69) is 26.2 Å². The summed E-state index contributed by atoms with van der Waals surface area (Å²) >= 11 is 9.71. The molecule has 0 radical (unpaired) electrons. The van der Waals surface area contributed by atoms with Crippen molar-refractivity contribution in [2.75, 3.05) is 18.5 Å². The molecule has 0 fully saturated rings. The standard InChI is InChI=1S/C22H14BrClN2O4/c23-13-2-4-16(24)15(10-13)22-26-17-11-14(3-6-18(17)30-22)25-21(27)12-1-5-19-20(9-12)29-8-7-28-19/h1-6,9-11H,7-8H2,(H,25,27). The number of halogens is 2. The minimum Gasteiger partial charge on any atom is -0.486 e. The van der Waals surface area contributed by atoms with E-state index in [0.29, 0.717) is 63.5 Å². The lowest BCUT2D eigenvalue weighted by Crippen LogP contribution is -2.17. The summed E-state index contributed by atoms with van der Waals surface area (Å²) in [4.78, 5) is 17.2. The van der Waals surface area contributed by atoms with Gasteiger partial charge in [0.05, 0.1) is 10.6 Å². The van der Waals surface area contributed by atoms with Crippen LogP contribution in [-0.2, 0) is 0 Å². The Morgan fingerprint density at radius 1 is 1.00 bits per heavy atom. The monoisotopic (exact) mass is 484 g/mol. The Kier molecular flexibility index (Phi) is 4.84. The number of nitrogens with one attached hydrogen (secondary N) is 1. The van der Waals surface area contributed by atoms with Crippen LogP contribution in [0.25, 0.3) is 22.6 Å². The first-order chi connectivity index (χ1) is 14.6. The third-order valence-corrected chi connectivity index (χ3v) is 5.43. The molecule has 5 rings (SSSR count). The van der Waals surface area contributed by atoms with E-state index in [1.165, 1.54) is 0 Å². The molecule has 0 saturated heterocycles.